The van der Waals surface area contributed by atoms with Crippen LogP contribution in [0.2, 0.25) is 0 Å². The zero-order chi connectivity index (χ0) is 18.6. The highest BCUT2D eigenvalue weighted by Crippen LogP contribution is 2.17. The molecule has 0 radical (unpaired) electrons. The summed E-state index contributed by atoms with van der Waals surface area (Å²) >= 11 is 1.24. The lowest BCUT2D eigenvalue weighted by Gasteiger charge is -2.08. The molecule has 0 bridgehead atoms. The van der Waals surface area contributed by atoms with Crippen LogP contribution >= 0.6 is 11.3 Å². The third-order valence-electron chi connectivity index (χ3n) is 3.46. The van der Waals surface area contributed by atoms with E-state index in [2.05, 4.69) is 20.2 Å². The van der Waals surface area contributed by atoms with E-state index in [0.29, 0.717) is 5.13 Å². The van der Waals surface area contributed by atoms with Crippen LogP contribution in [-0.2, 0) is 16.6 Å². The summed E-state index contributed by atoms with van der Waals surface area (Å²) in [5, 5.41) is 11.3. The maximum atomic E-state index is 12.5. The van der Waals surface area contributed by atoms with E-state index in [4.69, 9.17) is 0 Å². The van der Waals surface area contributed by atoms with Gasteiger partial charge in [-0.25, -0.2) is 13.1 Å². The van der Waals surface area contributed by atoms with Gasteiger partial charge in [-0.15, -0.1) is 10.2 Å². The van der Waals surface area contributed by atoms with Crippen molar-refractivity contribution in [3.05, 3.63) is 70.7 Å². The number of rotatable bonds is 6. The summed E-state index contributed by atoms with van der Waals surface area (Å²) in [6.45, 7) is 1.95. The first-order chi connectivity index (χ1) is 12.4. The van der Waals surface area contributed by atoms with Crippen LogP contribution in [0.25, 0.3) is 0 Å². The molecule has 0 aliphatic rings. The molecule has 3 aromatic rings. The van der Waals surface area contributed by atoms with Crippen LogP contribution in [0, 0.1) is 6.92 Å². The van der Waals surface area contributed by atoms with Crippen LogP contribution in [-0.4, -0.2) is 24.5 Å². The number of anilines is 1. The Hall–Kier alpha value is -2.62. The number of hydrogen-bond acceptors (Lipinski definition) is 6. The molecule has 7 nitrogen and oxygen atoms in total. The van der Waals surface area contributed by atoms with Gasteiger partial charge in [-0.3, -0.25) is 10.1 Å². The molecule has 9 heteroatoms. The molecule has 2 N–H and O–H groups in total. The van der Waals surface area contributed by atoms with Gasteiger partial charge >= 0.3 is 0 Å². The predicted octanol–water partition coefficient (Wildman–Crippen LogP) is 2.58. The largest absolute Gasteiger partial charge is 0.296 e. The van der Waals surface area contributed by atoms with E-state index in [9.17, 15) is 13.2 Å². The summed E-state index contributed by atoms with van der Waals surface area (Å²) in [6.07, 6.45) is 0. The molecule has 2 aromatic carbocycles. The fraction of sp³-hybridized carbons (Fsp3) is 0.118. The van der Waals surface area contributed by atoms with Gasteiger partial charge in [-0.05, 0) is 30.7 Å². The molecule has 0 aliphatic heterocycles. The van der Waals surface area contributed by atoms with E-state index < -0.39 is 15.9 Å². The van der Waals surface area contributed by atoms with Crippen molar-refractivity contribution in [3.8, 4) is 0 Å². The van der Waals surface area contributed by atoms with Crippen molar-refractivity contribution in [2.45, 2.75) is 18.4 Å². The van der Waals surface area contributed by atoms with Crippen LogP contribution in [0.3, 0.4) is 0 Å². The van der Waals surface area contributed by atoms with Crippen molar-refractivity contribution in [1.82, 2.24) is 14.9 Å². The maximum absolute atomic E-state index is 12.5. The first kappa shape index (κ1) is 18.2. The molecular weight excluding hydrogens is 372 g/mol. The van der Waals surface area contributed by atoms with E-state index in [1.54, 1.807) is 13.0 Å². The number of carbonyl (C=O) groups is 1. The van der Waals surface area contributed by atoms with Crippen molar-refractivity contribution >= 4 is 32.4 Å². The average Bonchev–Trinajstić information content (AvgIpc) is 3.06. The topological polar surface area (TPSA) is 101 Å². The van der Waals surface area contributed by atoms with Crippen LogP contribution in [0.1, 0.15) is 20.9 Å². The second kappa shape index (κ2) is 7.73. The molecule has 134 valence electrons. The van der Waals surface area contributed by atoms with Gasteiger partial charge in [0.15, 0.2) is 0 Å². The number of aryl methyl sites for hydroxylation is 1. The minimum atomic E-state index is -3.74. The molecule has 0 saturated carbocycles. The van der Waals surface area contributed by atoms with E-state index in [-0.39, 0.29) is 17.0 Å². The molecule has 0 saturated heterocycles. The standard InChI is InChI=1S/C17H16N4O3S2/c1-12-20-21-17(25-12)19-16(22)14-8-5-9-15(10-14)26(23,24)18-11-13-6-3-2-4-7-13/h2-10,18H,11H2,1H3,(H,19,21,22). The van der Waals surface area contributed by atoms with Gasteiger partial charge in [0.05, 0.1) is 4.90 Å². The molecule has 0 spiro atoms. The van der Waals surface area contributed by atoms with Crippen molar-refractivity contribution in [2.75, 3.05) is 5.32 Å². The van der Waals surface area contributed by atoms with Gasteiger partial charge in [0.25, 0.3) is 5.91 Å². The zero-order valence-electron chi connectivity index (χ0n) is 13.8. The van der Waals surface area contributed by atoms with Crippen molar-refractivity contribution in [2.24, 2.45) is 0 Å². The van der Waals surface area contributed by atoms with Crippen LogP contribution in [0.15, 0.2) is 59.5 Å². The highest BCUT2D eigenvalue weighted by molar-refractivity contribution is 7.89. The van der Waals surface area contributed by atoms with Gasteiger partial charge in [-0.1, -0.05) is 47.7 Å². The van der Waals surface area contributed by atoms with Gasteiger partial charge < -0.3 is 0 Å². The molecule has 26 heavy (non-hydrogen) atoms. The van der Waals surface area contributed by atoms with E-state index in [1.165, 1.54) is 29.5 Å². The Labute approximate surface area is 155 Å². The summed E-state index contributed by atoms with van der Waals surface area (Å²) < 4.78 is 27.5. The molecule has 0 fully saturated rings. The number of benzene rings is 2. The predicted molar refractivity (Wildman–Crippen MR) is 99.5 cm³/mol. The Morgan fingerprint density at radius 2 is 1.85 bits per heavy atom. The number of aromatic nitrogens is 2. The second-order valence-electron chi connectivity index (χ2n) is 5.42. The number of nitrogens with one attached hydrogen (secondary N) is 2. The summed E-state index contributed by atoms with van der Waals surface area (Å²) in [5.74, 6) is -0.443. The molecular formula is C17H16N4O3S2. The molecule has 0 aliphatic carbocycles. The van der Waals surface area contributed by atoms with E-state index in [0.717, 1.165) is 10.6 Å². The number of amides is 1. The molecule has 1 aromatic heterocycles. The molecule has 1 amide bonds. The highest BCUT2D eigenvalue weighted by atomic mass is 32.2. The lowest BCUT2D eigenvalue weighted by atomic mass is 10.2. The molecule has 0 unspecified atom stereocenters. The summed E-state index contributed by atoms with van der Waals surface area (Å²) in [6, 6.07) is 15.0. The van der Waals surface area contributed by atoms with Crippen molar-refractivity contribution < 1.29 is 13.2 Å². The summed E-state index contributed by atoms with van der Waals surface area (Å²) in [5.41, 5.74) is 1.07. The van der Waals surface area contributed by atoms with Crippen molar-refractivity contribution in [3.63, 3.8) is 0 Å². The van der Waals surface area contributed by atoms with Gasteiger partial charge in [-0.2, -0.15) is 0 Å². The third kappa shape index (κ3) is 4.51. The normalized spacial score (nSPS) is 11.3. The maximum Gasteiger partial charge on any atom is 0.257 e. The number of hydrogen-bond donors (Lipinski definition) is 2. The zero-order valence-corrected chi connectivity index (χ0v) is 15.5. The minimum Gasteiger partial charge on any atom is -0.296 e. The number of sulfonamides is 1. The Bertz CT molecular complexity index is 1020. The van der Waals surface area contributed by atoms with Crippen molar-refractivity contribution in [1.29, 1.82) is 0 Å². The lowest BCUT2D eigenvalue weighted by molar-refractivity contribution is 0.102. The van der Waals surface area contributed by atoms with Crippen LogP contribution in [0.4, 0.5) is 5.13 Å². The Morgan fingerprint density at radius 1 is 1.08 bits per heavy atom. The smallest absolute Gasteiger partial charge is 0.257 e. The second-order valence-corrected chi connectivity index (χ2v) is 8.37. The highest BCUT2D eigenvalue weighted by Gasteiger charge is 2.17. The van der Waals surface area contributed by atoms with Gasteiger partial charge in [0.2, 0.25) is 15.2 Å². The Balaban J connectivity index is 1.74. The number of carbonyl (C=O) groups excluding carboxylic acids is 1. The summed E-state index contributed by atoms with van der Waals surface area (Å²) in [4.78, 5) is 12.3. The van der Waals surface area contributed by atoms with E-state index in [1.807, 2.05) is 30.3 Å². The Kier molecular flexibility index (Phi) is 5.40. The first-order valence-electron chi connectivity index (χ1n) is 7.69. The summed E-state index contributed by atoms with van der Waals surface area (Å²) in [7, 11) is -3.74. The lowest BCUT2D eigenvalue weighted by Crippen LogP contribution is -2.23. The molecule has 0 atom stereocenters. The van der Waals surface area contributed by atoms with Gasteiger partial charge in [0, 0.05) is 12.1 Å². The monoisotopic (exact) mass is 388 g/mol. The quantitative estimate of drug-likeness (QED) is 0.676. The number of nitrogens with zero attached hydrogens (tertiary/aromatic N) is 2. The fourth-order valence-corrected chi connectivity index (χ4v) is 3.83. The first-order valence-corrected chi connectivity index (χ1v) is 9.99. The minimum absolute atomic E-state index is 0.0227. The third-order valence-corrected chi connectivity index (χ3v) is 5.62. The average molecular weight is 388 g/mol. The van der Waals surface area contributed by atoms with Crippen LogP contribution in [0.5, 0.6) is 0 Å². The molecule has 1 heterocycles. The van der Waals surface area contributed by atoms with Crippen LogP contribution < -0.4 is 10.0 Å². The Morgan fingerprint density at radius 3 is 2.54 bits per heavy atom. The SMILES string of the molecule is Cc1nnc(NC(=O)c2cccc(S(=O)(=O)NCc3ccccc3)c2)s1. The fourth-order valence-electron chi connectivity index (χ4n) is 2.18. The molecule has 3 rings (SSSR count). The van der Waals surface area contributed by atoms with E-state index >= 15 is 0 Å². The van der Waals surface area contributed by atoms with Gasteiger partial charge in [0.1, 0.15) is 5.01 Å².